The van der Waals surface area contributed by atoms with Gasteiger partial charge < -0.3 is 14.7 Å². The summed E-state index contributed by atoms with van der Waals surface area (Å²) < 4.78 is 5.37. The summed E-state index contributed by atoms with van der Waals surface area (Å²) in [4.78, 5) is 19.1. The second-order valence-corrected chi connectivity index (χ2v) is 10.9. The van der Waals surface area contributed by atoms with Gasteiger partial charge in [-0.15, -0.1) is 0 Å². The number of fused-ring (bicyclic) bond motifs is 1. The van der Waals surface area contributed by atoms with Crippen LogP contribution < -0.4 is 4.74 Å². The number of nitrogens with zero attached hydrogens (tertiary/aromatic N) is 2. The van der Waals surface area contributed by atoms with Crippen molar-refractivity contribution in [3.05, 3.63) is 57.4 Å². The van der Waals surface area contributed by atoms with Crippen LogP contribution in [0, 0.1) is 5.41 Å². The third kappa shape index (κ3) is 5.70. The fourth-order valence-corrected chi connectivity index (χ4v) is 6.23. The molecule has 0 amide bonds. The van der Waals surface area contributed by atoms with Crippen LogP contribution >= 0.6 is 35.6 Å². The molecular weight excluding hydrogens is 488 g/mol. The van der Waals surface area contributed by atoms with E-state index in [1.165, 1.54) is 5.56 Å². The molecule has 0 spiro atoms. The van der Waals surface area contributed by atoms with Crippen molar-refractivity contribution in [2.45, 2.75) is 43.8 Å². The lowest BCUT2D eigenvalue weighted by Gasteiger charge is -2.39. The van der Waals surface area contributed by atoms with Gasteiger partial charge in [0.05, 0.1) is 23.1 Å². The maximum atomic E-state index is 12.3. The molecule has 0 saturated carbocycles. The zero-order chi connectivity index (χ0) is 24.1. The van der Waals surface area contributed by atoms with Crippen LogP contribution in [0.25, 0.3) is 10.9 Å². The van der Waals surface area contributed by atoms with Crippen molar-refractivity contribution in [1.29, 1.82) is 0 Å². The number of carboxylic acids is 1. The van der Waals surface area contributed by atoms with Crippen LogP contribution in [0.3, 0.4) is 0 Å². The number of thiophene rings is 1. The zero-order valence-corrected chi connectivity index (χ0v) is 21.8. The molecule has 1 atom stereocenters. The van der Waals surface area contributed by atoms with Crippen molar-refractivity contribution in [3.8, 4) is 5.75 Å². The van der Waals surface area contributed by atoms with Crippen molar-refractivity contribution in [3.63, 3.8) is 0 Å². The number of piperidine rings is 1. The molecule has 0 bridgehead atoms. The molecule has 1 aromatic carbocycles. The normalized spacial score (nSPS) is 17.0. The van der Waals surface area contributed by atoms with Gasteiger partial charge in [-0.1, -0.05) is 11.6 Å². The minimum absolute atomic E-state index is 0.232. The molecule has 8 heteroatoms. The Labute approximate surface area is 215 Å². The summed E-state index contributed by atoms with van der Waals surface area (Å²) in [5.41, 5.74) is 2.48. The summed E-state index contributed by atoms with van der Waals surface area (Å²) in [6.45, 7) is 2.57. The van der Waals surface area contributed by atoms with Crippen molar-refractivity contribution in [2.24, 2.45) is 5.41 Å². The number of thiol groups is 1. The Hall–Kier alpha value is -1.80. The average molecular weight is 519 g/mol. The van der Waals surface area contributed by atoms with Gasteiger partial charge in [0.15, 0.2) is 0 Å². The molecule has 1 fully saturated rings. The molecule has 4 rings (SSSR count). The summed E-state index contributed by atoms with van der Waals surface area (Å²) in [5, 5.41) is 16.2. The van der Waals surface area contributed by atoms with E-state index in [0.29, 0.717) is 30.7 Å². The Morgan fingerprint density at radius 3 is 2.82 bits per heavy atom. The van der Waals surface area contributed by atoms with E-state index in [0.717, 1.165) is 54.7 Å². The molecule has 2 aromatic heterocycles. The quantitative estimate of drug-likeness (QED) is 0.299. The lowest BCUT2D eigenvalue weighted by Crippen LogP contribution is -2.44. The Kier molecular flexibility index (Phi) is 8.40. The zero-order valence-electron chi connectivity index (χ0n) is 19.4. The highest BCUT2D eigenvalue weighted by molar-refractivity contribution is 7.80. The molecule has 3 aromatic rings. The number of hydrogen-bond donors (Lipinski definition) is 2. The van der Waals surface area contributed by atoms with Gasteiger partial charge >= 0.3 is 5.97 Å². The highest BCUT2D eigenvalue weighted by atomic mass is 35.5. The Balaban J connectivity index is 1.35. The monoisotopic (exact) mass is 518 g/mol. The number of likely N-dealkylation sites (tertiary alicyclic amines) is 1. The van der Waals surface area contributed by atoms with Gasteiger partial charge in [0.25, 0.3) is 0 Å². The van der Waals surface area contributed by atoms with Gasteiger partial charge in [0.2, 0.25) is 0 Å². The first kappa shape index (κ1) is 25.3. The highest BCUT2D eigenvalue weighted by Gasteiger charge is 2.40. The van der Waals surface area contributed by atoms with E-state index in [9.17, 15) is 9.90 Å². The first-order chi connectivity index (χ1) is 16.4. The summed E-state index contributed by atoms with van der Waals surface area (Å²) >= 11 is 12.9. The third-order valence-electron chi connectivity index (χ3n) is 7.13. The second kappa shape index (κ2) is 11.3. The predicted octanol–water partition coefficient (Wildman–Crippen LogP) is 6.51. The standard InChI is InChI=1S/C26H31ClN2O3S2/c1-32-19-4-5-23-21(15-19)20(22(27)16-28-23)3-2-8-26(25(30)31)9-12-29(13-10-26)11-6-24(33)18-7-14-34-17-18/h4-5,7,14-17,24,33H,2-3,6,8-13H2,1H3,(H,30,31). The topological polar surface area (TPSA) is 62.7 Å². The maximum absolute atomic E-state index is 12.3. The number of ether oxygens (including phenoxy) is 1. The summed E-state index contributed by atoms with van der Waals surface area (Å²) in [7, 11) is 1.64. The number of benzene rings is 1. The van der Waals surface area contributed by atoms with Crippen LogP contribution in [-0.2, 0) is 11.2 Å². The SMILES string of the molecule is COc1ccc2ncc(Cl)c(CCCC3(C(=O)O)CCN(CCC(S)c4ccsc4)CC3)c2c1. The summed E-state index contributed by atoms with van der Waals surface area (Å²) in [5.74, 6) is 0.0829. The molecular formula is C26H31ClN2O3S2. The first-order valence-corrected chi connectivity index (χ1v) is 13.5. The van der Waals surface area contributed by atoms with Gasteiger partial charge in [-0.3, -0.25) is 9.78 Å². The van der Waals surface area contributed by atoms with E-state index in [2.05, 4.69) is 26.7 Å². The molecule has 1 N–H and O–H groups in total. The minimum atomic E-state index is -0.676. The molecule has 5 nitrogen and oxygen atoms in total. The number of halogens is 1. The molecule has 1 unspecified atom stereocenters. The Morgan fingerprint density at radius 1 is 1.35 bits per heavy atom. The number of hydrogen-bond acceptors (Lipinski definition) is 6. The van der Waals surface area contributed by atoms with E-state index in [1.807, 2.05) is 18.2 Å². The van der Waals surface area contributed by atoms with Crippen LogP contribution in [0.1, 0.15) is 48.5 Å². The summed E-state index contributed by atoms with van der Waals surface area (Å²) in [6, 6.07) is 7.90. The molecule has 0 aliphatic carbocycles. The number of aromatic nitrogens is 1. The first-order valence-electron chi connectivity index (χ1n) is 11.7. The molecule has 34 heavy (non-hydrogen) atoms. The van der Waals surface area contributed by atoms with Crippen LogP contribution in [0.15, 0.2) is 41.2 Å². The van der Waals surface area contributed by atoms with E-state index in [1.54, 1.807) is 24.6 Å². The van der Waals surface area contributed by atoms with Crippen LogP contribution in [0.5, 0.6) is 5.75 Å². The van der Waals surface area contributed by atoms with Crippen molar-refractivity contribution < 1.29 is 14.6 Å². The van der Waals surface area contributed by atoms with Crippen molar-refractivity contribution in [2.75, 3.05) is 26.7 Å². The molecule has 1 saturated heterocycles. The highest BCUT2D eigenvalue weighted by Crippen LogP contribution is 2.38. The van der Waals surface area contributed by atoms with Gasteiger partial charge in [-0.25, -0.2) is 0 Å². The number of aryl methyl sites for hydroxylation is 1. The van der Waals surface area contributed by atoms with Crippen LogP contribution in [-0.4, -0.2) is 47.7 Å². The van der Waals surface area contributed by atoms with E-state index in [-0.39, 0.29) is 5.25 Å². The number of carbonyl (C=O) groups is 1. The molecule has 1 aliphatic heterocycles. The Bertz CT molecular complexity index is 1110. The van der Waals surface area contributed by atoms with Crippen molar-refractivity contribution >= 4 is 52.4 Å². The lowest BCUT2D eigenvalue weighted by molar-refractivity contribution is -0.152. The molecule has 182 valence electrons. The molecule has 0 radical (unpaired) electrons. The largest absolute Gasteiger partial charge is 0.497 e. The third-order valence-corrected chi connectivity index (χ3v) is 8.71. The smallest absolute Gasteiger partial charge is 0.309 e. The average Bonchev–Trinajstić information content (AvgIpc) is 3.39. The van der Waals surface area contributed by atoms with Crippen LogP contribution in [0.2, 0.25) is 5.02 Å². The predicted molar refractivity (Wildman–Crippen MR) is 143 cm³/mol. The van der Waals surface area contributed by atoms with Gasteiger partial charge in [-0.05, 0) is 104 Å². The molecule has 3 heterocycles. The van der Waals surface area contributed by atoms with Gasteiger partial charge in [-0.2, -0.15) is 24.0 Å². The fraction of sp³-hybridized carbons (Fsp3) is 0.462. The van der Waals surface area contributed by atoms with E-state index in [4.69, 9.17) is 29.0 Å². The van der Waals surface area contributed by atoms with Crippen molar-refractivity contribution in [1.82, 2.24) is 9.88 Å². The maximum Gasteiger partial charge on any atom is 0.309 e. The number of carboxylic acid groups (broad SMARTS) is 1. The lowest BCUT2D eigenvalue weighted by atomic mass is 9.74. The number of pyridine rings is 1. The number of methoxy groups -OCH3 is 1. The van der Waals surface area contributed by atoms with E-state index < -0.39 is 11.4 Å². The Morgan fingerprint density at radius 2 is 2.15 bits per heavy atom. The number of rotatable bonds is 10. The van der Waals surface area contributed by atoms with Gasteiger partial charge in [0.1, 0.15) is 5.75 Å². The second-order valence-electron chi connectivity index (χ2n) is 9.11. The number of aliphatic carboxylic acids is 1. The summed E-state index contributed by atoms with van der Waals surface area (Å²) in [6.07, 6.45) is 6.13. The van der Waals surface area contributed by atoms with Crippen LogP contribution in [0.4, 0.5) is 0 Å². The minimum Gasteiger partial charge on any atom is -0.497 e. The van der Waals surface area contributed by atoms with E-state index >= 15 is 0 Å². The molecule has 1 aliphatic rings. The van der Waals surface area contributed by atoms with Gasteiger partial charge in [0, 0.05) is 16.8 Å². The fourth-order valence-electron chi connectivity index (χ4n) is 4.90.